The van der Waals surface area contributed by atoms with Gasteiger partial charge in [-0.2, -0.15) is 0 Å². The highest BCUT2D eigenvalue weighted by Gasteiger charge is 2.11. The Kier molecular flexibility index (Phi) is 5.14. The second-order valence-corrected chi connectivity index (χ2v) is 5.86. The van der Waals surface area contributed by atoms with Crippen LogP contribution >= 0.6 is 11.6 Å². The van der Waals surface area contributed by atoms with E-state index in [-0.39, 0.29) is 17.4 Å². The molecule has 0 atom stereocenters. The van der Waals surface area contributed by atoms with Gasteiger partial charge in [-0.1, -0.05) is 23.7 Å². The fourth-order valence-electron chi connectivity index (χ4n) is 2.08. The zero-order valence-corrected chi connectivity index (χ0v) is 14.6. The third kappa shape index (κ3) is 4.17. The van der Waals surface area contributed by atoms with Gasteiger partial charge < -0.3 is 11.1 Å². The van der Waals surface area contributed by atoms with Gasteiger partial charge in [0.05, 0.1) is 0 Å². The van der Waals surface area contributed by atoms with Gasteiger partial charge in [0.1, 0.15) is 17.8 Å². The molecule has 0 aliphatic heterocycles. The minimum atomic E-state index is -0.375. The molecule has 132 valence electrons. The number of carbonyl (C=O) groups excluding carboxylic acids is 1. The summed E-state index contributed by atoms with van der Waals surface area (Å²) in [6, 6.07) is 10.3. The first kappa shape index (κ1) is 17.4. The Labute approximate surface area is 154 Å². The van der Waals surface area contributed by atoms with E-state index in [1.54, 1.807) is 30.5 Å². The van der Waals surface area contributed by atoms with Gasteiger partial charge >= 0.3 is 0 Å². The fourth-order valence-corrected chi connectivity index (χ4v) is 2.27. The van der Waals surface area contributed by atoms with Gasteiger partial charge in [-0.3, -0.25) is 15.6 Å². The van der Waals surface area contributed by atoms with Crippen LogP contribution in [0.1, 0.15) is 15.9 Å². The van der Waals surface area contributed by atoms with Crippen LogP contribution in [0.2, 0.25) is 5.02 Å². The van der Waals surface area contributed by atoms with Crippen LogP contribution in [-0.4, -0.2) is 20.9 Å². The number of aryl methyl sites for hydroxylation is 1. The average Bonchev–Trinajstić information content (AvgIpc) is 2.64. The highest BCUT2D eigenvalue weighted by molar-refractivity contribution is 6.30. The molecule has 26 heavy (non-hydrogen) atoms. The van der Waals surface area contributed by atoms with Crippen LogP contribution in [0, 0.1) is 6.92 Å². The highest BCUT2D eigenvalue weighted by atomic mass is 35.5. The molecule has 0 spiro atoms. The third-order valence-corrected chi connectivity index (χ3v) is 3.66. The smallest absolute Gasteiger partial charge is 0.269 e. The van der Waals surface area contributed by atoms with E-state index < -0.39 is 0 Å². The molecule has 0 bridgehead atoms. The van der Waals surface area contributed by atoms with Crippen molar-refractivity contribution in [3.8, 4) is 0 Å². The molecule has 2 aromatic heterocycles. The first-order chi connectivity index (χ1) is 12.5. The van der Waals surface area contributed by atoms with Crippen LogP contribution in [0.25, 0.3) is 0 Å². The maximum absolute atomic E-state index is 12.1. The number of anilines is 4. The van der Waals surface area contributed by atoms with E-state index in [2.05, 4.69) is 31.1 Å². The van der Waals surface area contributed by atoms with Crippen molar-refractivity contribution in [3.63, 3.8) is 0 Å². The Morgan fingerprint density at radius 2 is 1.92 bits per heavy atom. The Bertz CT molecular complexity index is 931. The van der Waals surface area contributed by atoms with Crippen molar-refractivity contribution in [2.75, 3.05) is 16.5 Å². The molecule has 0 fully saturated rings. The van der Waals surface area contributed by atoms with Crippen molar-refractivity contribution in [2.24, 2.45) is 0 Å². The second kappa shape index (κ2) is 7.66. The molecule has 0 saturated heterocycles. The third-order valence-electron chi connectivity index (χ3n) is 3.42. The summed E-state index contributed by atoms with van der Waals surface area (Å²) in [6.07, 6.45) is 3.05. The molecular weight excluding hydrogens is 354 g/mol. The Morgan fingerprint density at radius 3 is 2.65 bits per heavy atom. The summed E-state index contributed by atoms with van der Waals surface area (Å²) in [5, 5.41) is 3.48. The van der Waals surface area contributed by atoms with Crippen LogP contribution in [0.15, 0.2) is 48.9 Å². The average molecular weight is 370 g/mol. The summed E-state index contributed by atoms with van der Waals surface area (Å²) in [5.41, 5.74) is 12.9. The van der Waals surface area contributed by atoms with E-state index in [0.29, 0.717) is 22.2 Å². The lowest BCUT2D eigenvalue weighted by atomic mass is 10.2. The number of hydrogen-bond donors (Lipinski definition) is 4. The summed E-state index contributed by atoms with van der Waals surface area (Å²) in [5.74, 6) is 0.844. The van der Waals surface area contributed by atoms with Crippen molar-refractivity contribution in [1.29, 1.82) is 0 Å². The van der Waals surface area contributed by atoms with Crippen LogP contribution in [0.5, 0.6) is 0 Å². The van der Waals surface area contributed by atoms with Crippen molar-refractivity contribution >= 4 is 40.6 Å². The molecule has 0 aliphatic rings. The fraction of sp³-hybridized carbons (Fsp3) is 0.0588. The molecule has 9 heteroatoms. The van der Waals surface area contributed by atoms with Gasteiger partial charge in [0, 0.05) is 16.8 Å². The lowest BCUT2D eigenvalue weighted by molar-refractivity contribution is 0.0962. The summed E-state index contributed by atoms with van der Waals surface area (Å²) in [6.45, 7) is 1.94. The minimum absolute atomic E-state index is 0.237. The second-order valence-electron chi connectivity index (χ2n) is 5.42. The zero-order valence-electron chi connectivity index (χ0n) is 13.8. The van der Waals surface area contributed by atoms with E-state index in [9.17, 15) is 4.79 Å². The minimum Gasteiger partial charge on any atom is -0.393 e. The topological polar surface area (TPSA) is 118 Å². The number of pyridine rings is 1. The lowest BCUT2D eigenvalue weighted by Gasteiger charge is -2.13. The number of nitrogens with one attached hydrogen (secondary N) is 3. The monoisotopic (exact) mass is 369 g/mol. The number of halogens is 1. The maximum Gasteiger partial charge on any atom is 0.269 e. The highest BCUT2D eigenvalue weighted by Crippen LogP contribution is 2.24. The molecule has 0 radical (unpaired) electrons. The predicted octanol–water partition coefficient (Wildman–Crippen LogP) is 2.92. The first-order valence-corrected chi connectivity index (χ1v) is 8.03. The van der Waals surface area contributed by atoms with Gasteiger partial charge in [-0.25, -0.2) is 15.0 Å². The number of aromatic nitrogens is 3. The number of hydrogen-bond acceptors (Lipinski definition) is 7. The summed E-state index contributed by atoms with van der Waals surface area (Å²) < 4.78 is 0. The molecule has 0 saturated carbocycles. The number of rotatable bonds is 5. The van der Waals surface area contributed by atoms with Crippen molar-refractivity contribution in [1.82, 2.24) is 20.4 Å². The Balaban J connectivity index is 1.70. The number of hydrazine groups is 1. The van der Waals surface area contributed by atoms with Gasteiger partial charge in [0.15, 0.2) is 11.6 Å². The number of carbonyl (C=O) groups is 1. The van der Waals surface area contributed by atoms with Crippen molar-refractivity contribution in [3.05, 3.63) is 65.1 Å². The van der Waals surface area contributed by atoms with E-state index in [1.807, 2.05) is 19.1 Å². The number of nitrogen functional groups attached to an aromatic ring is 1. The maximum atomic E-state index is 12.1. The molecule has 2 heterocycles. The Morgan fingerprint density at radius 1 is 1.12 bits per heavy atom. The molecule has 3 aromatic rings. The lowest BCUT2D eigenvalue weighted by Crippen LogP contribution is -2.30. The van der Waals surface area contributed by atoms with E-state index >= 15 is 0 Å². The van der Waals surface area contributed by atoms with Crippen molar-refractivity contribution in [2.45, 2.75) is 6.92 Å². The summed E-state index contributed by atoms with van der Waals surface area (Å²) >= 11 is 5.88. The number of nitrogens with two attached hydrogens (primary N) is 1. The molecule has 3 rings (SSSR count). The first-order valence-electron chi connectivity index (χ1n) is 7.65. The van der Waals surface area contributed by atoms with E-state index in [4.69, 9.17) is 17.3 Å². The zero-order chi connectivity index (χ0) is 18.5. The quantitative estimate of drug-likeness (QED) is 0.510. The van der Waals surface area contributed by atoms with Crippen LogP contribution in [0.3, 0.4) is 0 Å². The van der Waals surface area contributed by atoms with Gasteiger partial charge in [0.2, 0.25) is 0 Å². The molecule has 5 N–H and O–H groups in total. The molecule has 8 nitrogen and oxygen atoms in total. The number of benzene rings is 1. The largest absolute Gasteiger partial charge is 0.393 e. The van der Waals surface area contributed by atoms with E-state index in [1.165, 1.54) is 6.33 Å². The molecule has 1 amide bonds. The van der Waals surface area contributed by atoms with Gasteiger partial charge in [0.25, 0.3) is 5.91 Å². The number of nitrogens with zero attached hydrogens (tertiary/aromatic N) is 3. The molecule has 1 aromatic carbocycles. The van der Waals surface area contributed by atoms with Crippen LogP contribution in [-0.2, 0) is 0 Å². The SMILES string of the molecule is Cc1ccc(Nc2ncnc(NNC(=O)c3cccc(Cl)c3)c2N)nc1. The van der Waals surface area contributed by atoms with Gasteiger partial charge in [-0.15, -0.1) is 0 Å². The van der Waals surface area contributed by atoms with Crippen LogP contribution < -0.4 is 21.9 Å². The van der Waals surface area contributed by atoms with Crippen LogP contribution in [0.4, 0.5) is 23.1 Å². The molecule has 0 aliphatic carbocycles. The van der Waals surface area contributed by atoms with Crippen molar-refractivity contribution < 1.29 is 4.79 Å². The number of amides is 1. The summed E-state index contributed by atoms with van der Waals surface area (Å²) in [7, 11) is 0. The normalized spacial score (nSPS) is 10.2. The standard InChI is InChI=1S/C17H16ClN7O/c1-10-5-6-13(20-8-10)23-15-14(19)16(22-9-21-15)24-25-17(26)11-3-2-4-12(18)7-11/h2-9H,19H2,1H3,(H,25,26)(H2,20,21,22,23,24). The predicted molar refractivity (Wildman–Crippen MR) is 101 cm³/mol. The summed E-state index contributed by atoms with van der Waals surface area (Å²) in [4.78, 5) is 24.5. The van der Waals surface area contributed by atoms with Gasteiger partial charge in [-0.05, 0) is 36.8 Å². The molecule has 0 unspecified atom stereocenters. The Hall–Kier alpha value is -3.39. The van der Waals surface area contributed by atoms with E-state index in [0.717, 1.165) is 5.56 Å². The molecular formula is C17H16ClN7O.